The summed E-state index contributed by atoms with van der Waals surface area (Å²) in [5, 5.41) is 2.10. The first-order valence-corrected chi connectivity index (χ1v) is 11.7. The van der Waals surface area contributed by atoms with Gasteiger partial charge in [0.2, 0.25) is 5.91 Å². The van der Waals surface area contributed by atoms with Crippen LogP contribution in [0.5, 0.6) is 0 Å². The SMILES string of the molecule is Cn1cnc(S(=O)(=O)N2C[C@H](C(=O)Nc3ccc(F)c(C(F)(F)F)c3)[C@@H](c3ccc(F)cc3)C2)c1. The number of rotatable bonds is 5. The normalized spacial score (nSPS) is 19.1. The Morgan fingerprint density at radius 3 is 2.37 bits per heavy atom. The summed E-state index contributed by atoms with van der Waals surface area (Å²) in [5.41, 5.74) is -1.37. The number of nitrogens with one attached hydrogen (secondary N) is 1. The second-order valence-electron chi connectivity index (χ2n) is 8.15. The maximum Gasteiger partial charge on any atom is 0.419 e. The van der Waals surface area contributed by atoms with Crippen molar-refractivity contribution in [3.8, 4) is 0 Å². The molecule has 0 aliphatic carbocycles. The smallest absolute Gasteiger partial charge is 0.339 e. The van der Waals surface area contributed by atoms with Crippen LogP contribution in [-0.4, -0.2) is 41.3 Å². The van der Waals surface area contributed by atoms with Crippen LogP contribution < -0.4 is 5.32 Å². The molecule has 1 aliphatic heterocycles. The summed E-state index contributed by atoms with van der Waals surface area (Å²) in [6.45, 7) is -0.431. The number of benzene rings is 2. The van der Waals surface area contributed by atoms with Crippen LogP contribution in [0.3, 0.4) is 0 Å². The number of carbonyl (C=O) groups excluding carboxylic acids is 1. The molecule has 1 amide bonds. The zero-order valence-electron chi connectivity index (χ0n) is 18.1. The number of hydrogen-bond acceptors (Lipinski definition) is 4. The Morgan fingerprint density at radius 2 is 1.77 bits per heavy atom. The Morgan fingerprint density at radius 1 is 1.09 bits per heavy atom. The van der Waals surface area contributed by atoms with E-state index in [4.69, 9.17) is 0 Å². The fraction of sp³-hybridized carbons (Fsp3) is 0.273. The number of carbonyl (C=O) groups is 1. The third kappa shape index (κ3) is 5.05. The first-order valence-electron chi connectivity index (χ1n) is 10.3. The van der Waals surface area contributed by atoms with Crippen molar-refractivity contribution in [3.63, 3.8) is 0 Å². The zero-order valence-corrected chi connectivity index (χ0v) is 18.9. The van der Waals surface area contributed by atoms with Crippen molar-refractivity contribution in [2.75, 3.05) is 18.4 Å². The van der Waals surface area contributed by atoms with Crippen molar-refractivity contribution in [3.05, 3.63) is 77.8 Å². The Labute approximate surface area is 197 Å². The quantitative estimate of drug-likeness (QED) is 0.526. The van der Waals surface area contributed by atoms with Gasteiger partial charge in [0.15, 0.2) is 5.03 Å². The molecule has 0 radical (unpaired) electrons. The molecule has 1 N–H and O–H groups in total. The predicted octanol–water partition coefficient (Wildman–Crippen LogP) is 3.76. The molecule has 186 valence electrons. The van der Waals surface area contributed by atoms with E-state index in [9.17, 15) is 35.2 Å². The second-order valence-corrected chi connectivity index (χ2v) is 10.0. The number of halogens is 5. The van der Waals surface area contributed by atoms with E-state index in [2.05, 4.69) is 10.3 Å². The maximum absolute atomic E-state index is 13.6. The molecular weight excluding hydrogens is 495 g/mol. The minimum Gasteiger partial charge on any atom is -0.339 e. The fourth-order valence-electron chi connectivity index (χ4n) is 3.99. The summed E-state index contributed by atoms with van der Waals surface area (Å²) in [6.07, 6.45) is -2.37. The Bertz CT molecular complexity index is 1360. The number of amides is 1. The summed E-state index contributed by atoms with van der Waals surface area (Å²) < 4.78 is 94.9. The van der Waals surface area contributed by atoms with Crippen LogP contribution in [0.25, 0.3) is 0 Å². The number of nitrogens with zero attached hydrogens (tertiary/aromatic N) is 3. The molecule has 0 bridgehead atoms. The number of alkyl halides is 3. The molecule has 35 heavy (non-hydrogen) atoms. The van der Waals surface area contributed by atoms with Crippen molar-refractivity contribution in [2.45, 2.75) is 17.1 Å². The van der Waals surface area contributed by atoms with Crippen molar-refractivity contribution in [2.24, 2.45) is 13.0 Å². The summed E-state index contributed by atoms with van der Waals surface area (Å²) in [7, 11) is -2.50. The molecule has 7 nitrogen and oxygen atoms in total. The van der Waals surface area contributed by atoms with Crippen molar-refractivity contribution >= 4 is 21.6 Å². The largest absolute Gasteiger partial charge is 0.419 e. The molecule has 0 unspecified atom stereocenters. The molecule has 2 aromatic carbocycles. The molecule has 0 spiro atoms. The summed E-state index contributed by atoms with van der Waals surface area (Å²) in [6, 6.07) is 7.19. The van der Waals surface area contributed by atoms with E-state index in [1.165, 1.54) is 29.2 Å². The monoisotopic (exact) mass is 514 g/mol. The van der Waals surface area contributed by atoms with Crippen LogP contribution in [0, 0.1) is 17.6 Å². The summed E-state index contributed by atoms with van der Waals surface area (Å²) >= 11 is 0. The summed E-state index contributed by atoms with van der Waals surface area (Å²) in [5.74, 6) is -4.54. The van der Waals surface area contributed by atoms with Crippen LogP contribution in [0.15, 0.2) is 60.0 Å². The van der Waals surface area contributed by atoms with Gasteiger partial charge in [-0.1, -0.05) is 12.1 Å². The number of anilines is 1. The van der Waals surface area contributed by atoms with Gasteiger partial charge in [0.1, 0.15) is 11.6 Å². The molecular formula is C22H19F5N4O3S. The molecule has 4 rings (SSSR count). The molecule has 2 atom stereocenters. The van der Waals surface area contributed by atoms with Gasteiger partial charge < -0.3 is 9.88 Å². The third-order valence-electron chi connectivity index (χ3n) is 5.75. The minimum absolute atomic E-state index is 0.139. The van der Waals surface area contributed by atoms with Crippen LogP contribution in [0.1, 0.15) is 17.0 Å². The van der Waals surface area contributed by atoms with Crippen LogP contribution >= 0.6 is 0 Å². The first kappa shape index (κ1) is 24.8. The van der Waals surface area contributed by atoms with Crippen LogP contribution in [0.2, 0.25) is 0 Å². The molecule has 1 aromatic heterocycles. The molecule has 1 saturated heterocycles. The minimum atomic E-state index is -4.97. The third-order valence-corrected chi connectivity index (χ3v) is 7.46. The van der Waals surface area contributed by atoms with E-state index in [0.717, 1.165) is 22.5 Å². The van der Waals surface area contributed by atoms with Gasteiger partial charge in [-0.15, -0.1) is 0 Å². The van der Waals surface area contributed by atoms with Gasteiger partial charge in [0, 0.05) is 37.9 Å². The van der Waals surface area contributed by atoms with Gasteiger partial charge in [-0.2, -0.15) is 17.5 Å². The van der Waals surface area contributed by atoms with E-state index >= 15 is 0 Å². The zero-order chi connectivity index (χ0) is 25.5. The van der Waals surface area contributed by atoms with Crippen molar-refractivity contribution in [1.82, 2.24) is 13.9 Å². The molecule has 1 aliphatic rings. The second kappa shape index (κ2) is 9.04. The highest BCUT2D eigenvalue weighted by atomic mass is 32.2. The van der Waals surface area contributed by atoms with Crippen LogP contribution in [-0.2, 0) is 28.0 Å². The number of sulfonamides is 1. The van der Waals surface area contributed by atoms with Gasteiger partial charge in [-0.3, -0.25) is 4.79 Å². The molecule has 0 saturated carbocycles. The van der Waals surface area contributed by atoms with Gasteiger partial charge in [0.05, 0.1) is 17.8 Å². The lowest BCUT2D eigenvalue weighted by atomic mass is 9.88. The maximum atomic E-state index is 13.6. The Kier molecular flexibility index (Phi) is 6.40. The lowest BCUT2D eigenvalue weighted by Crippen LogP contribution is -2.32. The topological polar surface area (TPSA) is 84.3 Å². The lowest BCUT2D eigenvalue weighted by Gasteiger charge is -2.19. The van der Waals surface area contributed by atoms with E-state index in [-0.39, 0.29) is 23.8 Å². The Balaban J connectivity index is 1.65. The Hall–Kier alpha value is -3.32. The number of imidazole rings is 1. The standard InChI is InChI=1S/C22H19F5N4O3S/c1-30-11-20(28-12-30)35(33,34)31-9-16(13-2-4-14(23)5-3-13)17(10-31)21(32)29-15-6-7-19(24)18(8-15)22(25,26)27/h2-8,11-12,16-17H,9-10H2,1H3,(H,29,32)/t16-,17+/m1/s1. The fourth-order valence-corrected chi connectivity index (χ4v) is 5.44. The highest BCUT2D eigenvalue weighted by molar-refractivity contribution is 7.89. The predicted molar refractivity (Wildman–Crippen MR) is 115 cm³/mol. The molecule has 13 heteroatoms. The van der Waals surface area contributed by atoms with E-state index in [0.29, 0.717) is 17.7 Å². The van der Waals surface area contributed by atoms with E-state index in [1.807, 2.05) is 0 Å². The summed E-state index contributed by atoms with van der Waals surface area (Å²) in [4.78, 5) is 17.0. The molecule has 2 heterocycles. The van der Waals surface area contributed by atoms with Crippen molar-refractivity contribution in [1.29, 1.82) is 0 Å². The number of aromatic nitrogens is 2. The first-order chi connectivity index (χ1) is 16.4. The average molecular weight is 514 g/mol. The van der Waals surface area contributed by atoms with Gasteiger partial charge in [0.25, 0.3) is 10.0 Å². The van der Waals surface area contributed by atoms with E-state index in [1.54, 1.807) is 7.05 Å². The van der Waals surface area contributed by atoms with Gasteiger partial charge in [-0.05, 0) is 35.9 Å². The van der Waals surface area contributed by atoms with E-state index < -0.39 is 51.1 Å². The highest BCUT2D eigenvalue weighted by Crippen LogP contribution is 2.37. The molecule has 1 fully saturated rings. The lowest BCUT2D eigenvalue weighted by molar-refractivity contribution is -0.140. The highest BCUT2D eigenvalue weighted by Gasteiger charge is 2.44. The average Bonchev–Trinajstić information content (AvgIpc) is 3.42. The van der Waals surface area contributed by atoms with Crippen LogP contribution in [0.4, 0.5) is 27.6 Å². The van der Waals surface area contributed by atoms with Gasteiger partial charge >= 0.3 is 6.18 Å². The number of hydrogen-bond donors (Lipinski definition) is 1. The molecule has 3 aromatic rings. The van der Waals surface area contributed by atoms with Gasteiger partial charge in [-0.25, -0.2) is 22.2 Å². The van der Waals surface area contributed by atoms with Crippen molar-refractivity contribution < 1.29 is 35.2 Å². The number of aryl methyl sites for hydroxylation is 1.